The fraction of sp³-hybridized carbons (Fsp3) is 0.667. The number of esters is 2. The van der Waals surface area contributed by atoms with E-state index >= 15 is 0 Å². The van der Waals surface area contributed by atoms with Crippen LogP contribution < -0.4 is 0 Å². The third-order valence-electron chi connectivity index (χ3n) is 10.4. The predicted molar refractivity (Wildman–Crippen MR) is 147 cm³/mol. The Balaban J connectivity index is 1.65. The normalized spacial score (nSPS) is 42.2. The second-order valence-corrected chi connectivity index (χ2v) is 13.8. The zero-order valence-electron chi connectivity index (χ0n) is 24.1. The monoisotopic (exact) mass is 606 g/mol. The Hall–Kier alpha value is -2.19. The van der Waals surface area contributed by atoms with Crippen LogP contribution in [0, 0.1) is 23.7 Å². The summed E-state index contributed by atoms with van der Waals surface area (Å²) in [6.45, 7) is 13.0. The van der Waals surface area contributed by atoms with Gasteiger partial charge in [-0.25, -0.2) is 4.79 Å². The van der Waals surface area contributed by atoms with Gasteiger partial charge in [-0.2, -0.15) is 0 Å². The maximum Gasteiger partial charge on any atom is 0.336 e. The lowest BCUT2D eigenvalue weighted by Gasteiger charge is -2.66. The molecule has 1 aliphatic heterocycles. The fourth-order valence-electron chi connectivity index (χ4n) is 7.79. The summed E-state index contributed by atoms with van der Waals surface area (Å²) in [5, 5.41) is 60.0. The Morgan fingerprint density at radius 1 is 1.19 bits per heavy atom. The van der Waals surface area contributed by atoms with Crippen molar-refractivity contribution in [3.05, 3.63) is 40.5 Å². The van der Waals surface area contributed by atoms with Crippen LogP contribution >= 0.6 is 11.3 Å². The SMILES string of the molecule is [CH][C@@H](c1cccs1)[C@@H](O)C(=O)OC1C[C@@]2(O)[C@@H](OC(C)=O)[C@@H]3[C@]4(O)CO[C@@H]4C[C@H](O)[C@@]3(C)C(=O)[C@H](O)C(=C1C)C2(C)C. The molecule has 1 unspecified atom stereocenters. The van der Waals surface area contributed by atoms with Crippen molar-refractivity contribution >= 4 is 29.1 Å². The number of Topliss-reactive ketones (excluding diaryl/α,β-unsaturated/α-hetero) is 1. The molecule has 12 heteroatoms. The van der Waals surface area contributed by atoms with Crippen LogP contribution in [0.15, 0.2) is 28.7 Å². The topological polar surface area (TPSA) is 180 Å². The molecule has 2 bridgehead atoms. The van der Waals surface area contributed by atoms with E-state index in [1.807, 2.05) is 0 Å². The van der Waals surface area contributed by atoms with E-state index in [1.54, 1.807) is 38.3 Å². The van der Waals surface area contributed by atoms with Crippen molar-refractivity contribution in [2.24, 2.45) is 16.7 Å². The lowest BCUT2D eigenvalue weighted by molar-refractivity contribution is -0.345. The fourth-order valence-corrected chi connectivity index (χ4v) is 8.55. The Morgan fingerprint density at radius 3 is 2.40 bits per heavy atom. The van der Waals surface area contributed by atoms with E-state index in [2.05, 4.69) is 0 Å². The van der Waals surface area contributed by atoms with Crippen molar-refractivity contribution < 1.29 is 54.1 Å². The number of carbonyl (C=O) groups excluding carboxylic acids is 3. The van der Waals surface area contributed by atoms with Crippen LogP contribution in [0.5, 0.6) is 0 Å². The Labute approximate surface area is 248 Å². The molecule has 3 aliphatic carbocycles. The van der Waals surface area contributed by atoms with Gasteiger partial charge in [0.05, 0.1) is 24.2 Å². The van der Waals surface area contributed by atoms with Gasteiger partial charge in [0.2, 0.25) is 0 Å². The molecule has 5 rings (SSSR count). The van der Waals surface area contributed by atoms with Crippen molar-refractivity contribution in [2.75, 3.05) is 6.61 Å². The lowest BCUT2D eigenvalue weighted by atomic mass is 9.45. The van der Waals surface area contributed by atoms with Gasteiger partial charge in [-0.3, -0.25) is 9.59 Å². The average molecular weight is 607 g/mol. The smallest absolute Gasteiger partial charge is 0.336 e. The van der Waals surface area contributed by atoms with Gasteiger partial charge >= 0.3 is 11.9 Å². The summed E-state index contributed by atoms with van der Waals surface area (Å²) in [5.74, 6) is -5.25. The molecule has 42 heavy (non-hydrogen) atoms. The third kappa shape index (κ3) is 4.17. The molecular weight excluding hydrogens is 568 g/mol. The highest BCUT2D eigenvalue weighted by atomic mass is 32.1. The van der Waals surface area contributed by atoms with Crippen molar-refractivity contribution in [1.29, 1.82) is 0 Å². The van der Waals surface area contributed by atoms with E-state index < -0.39 is 88.2 Å². The second kappa shape index (κ2) is 10.2. The van der Waals surface area contributed by atoms with Crippen molar-refractivity contribution in [1.82, 2.24) is 0 Å². The average Bonchev–Trinajstić information content (AvgIpc) is 3.45. The summed E-state index contributed by atoms with van der Waals surface area (Å²) in [6, 6.07) is 3.38. The first-order chi connectivity index (χ1) is 19.4. The highest BCUT2D eigenvalue weighted by Gasteiger charge is 2.76. The molecule has 2 saturated carbocycles. The standard InChI is InChI=1S/C30H38O11S/c1-13-16(41-26(36)21(33)14(2)17-8-7-9-42-17)11-30(38)25(40-15(3)31)23-28(6,18(32)10-19-29(23,37)12-39-19)24(35)22(34)20(13)27(30,4)5/h2,7-9,14,16,18-19,21-23,25,32-34,37-38H,10-12H2,1,3-6H3/t14-,16?,18-,19+,21+,22+,23-,25-,28+,29-,30+/m0/s1. The molecule has 3 fully saturated rings. The Morgan fingerprint density at radius 2 is 1.86 bits per heavy atom. The highest BCUT2D eigenvalue weighted by Crippen LogP contribution is 2.63. The predicted octanol–water partition coefficient (Wildman–Crippen LogP) is 0.685. The molecule has 5 N–H and O–H groups in total. The summed E-state index contributed by atoms with van der Waals surface area (Å²) in [7, 11) is 0. The van der Waals surface area contributed by atoms with E-state index in [9.17, 15) is 39.9 Å². The zero-order valence-corrected chi connectivity index (χ0v) is 25.0. The number of hydrogen-bond acceptors (Lipinski definition) is 12. The summed E-state index contributed by atoms with van der Waals surface area (Å²) < 4.78 is 17.0. The molecule has 1 aromatic heterocycles. The summed E-state index contributed by atoms with van der Waals surface area (Å²) in [5.41, 5.74) is -7.00. The Kier molecular flexibility index (Phi) is 7.58. The number of ketones is 1. The first-order valence-electron chi connectivity index (χ1n) is 14.0. The molecular formula is C30H38O11S. The van der Waals surface area contributed by atoms with Crippen molar-refractivity contribution in [3.8, 4) is 0 Å². The first-order valence-corrected chi connectivity index (χ1v) is 14.8. The first kappa shape index (κ1) is 31.2. The van der Waals surface area contributed by atoms with Crippen LogP contribution in [0.1, 0.15) is 58.3 Å². The lowest BCUT2D eigenvalue weighted by Crippen LogP contribution is -2.81. The molecule has 11 atom stereocenters. The van der Waals surface area contributed by atoms with Crippen LogP contribution in [0.2, 0.25) is 0 Å². The van der Waals surface area contributed by atoms with Crippen molar-refractivity contribution in [3.63, 3.8) is 0 Å². The molecule has 230 valence electrons. The van der Waals surface area contributed by atoms with Crippen LogP contribution in [-0.2, 0) is 28.6 Å². The van der Waals surface area contributed by atoms with E-state index in [0.717, 1.165) is 6.92 Å². The van der Waals surface area contributed by atoms with Crippen LogP contribution in [0.4, 0.5) is 0 Å². The highest BCUT2D eigenvalue weighted by molar-refractivity contribution is 7.10. The van der Waals surface area contributed by atoms with Gasteiger partial charge in [-0.05, 0) is 43.4 Å². The minimum atomic E-state index is -2.15. The van der Waals surface area contributed by atoms with Gasteiger partial charge in [0.15, 0.2) is 11.9 Å². The maximum absolute atomic E-state index is 14.2. The molecule has 1 aromatic rings. The zero-order chi connectivity index (χ0) is 31.2. The van der Waals surface area contributed by atoms with Gasteiger partial charge in [0, 0.05) is 41.9 Å². The summed E-state index contributed by atoms with van der Waals surface area (Å²) in [4.78, 5) is 40.5. The minimum Gasteiger partial charge on any atom is -0.459 e. The van der Waals surface area contributed by atoms with Gasteiger partial charge in [-0.1, -0.05) is 19.9 Å². The minimum absolute atomic E-state index is 0.0269. The van der Waals surface area contributed by atoms with Crippen LogP contribution in [-0.4, -0.2) is 97.7 Å². The number of rotatable bonds is 5. The molecule has 4 aliphatic rings. The van der Waals surface area contributed by atoms with E-state index in [4.69, 9.17) is 21.1 Å². The van der Waals surface area contributed by atoms with E-state index in [-0.39, 0.29) is 30.6 Å². The van der Waals surface area contributed by atoms with Gasteiger partial charge in [0.25, 0.3) is 0 Å². The molecule has 0 amide bonds. The van der Waals surface area contributed by atoms with Crippen LogP contribution in [0.3, 0.4) is 0 Å². The molecule has 0 aromatic carbocycles. The van der Waals surface area contributed by atoms with Crippen LogP contribution in [0.25, 0.3) is 0 Å². The largest absolute Gasteiger partial charge is 0.459 e. The number of hydrogen-bond donors (Lipinski definition) is 5. The number of fused-ring (bicyclic) bond motifs is 5. The van der Waals surface area contributed by atoms with Gasteiger partial charge < -0.3 is 39.7 Å². The number of ether oxygens (including phenoxy) is 3. The Bertz CT molecular complexity index is 1310. The molecule has 1 saturated heterocycles. The van der Waals surface area contributed by atoms with Crippen molar-refractivity contribution in [2.45, 2.75) is 101 Å². The quantitative estimate of drug-likeness (QED) is 0.235. The molecule has 11 nitrogen and oxygen atoms in total. The maximum atomic E-state index is 14.2. The van der Waals surface area contributed by atoms with Gasteiger partial charge in [-0.15, -0.1) is 11.3 Å². The summed E-state index contributed by atoms with van der Waals surface area (Å²) in [6.07, 6.45) is -9.37. The van der Waals surface area contributed by atoms with E-state index in [1.165, 1.54) is 18.3 Å². The number of aliphatic hydroxyl groups excluding tert-OH is 3. The number of aliphatic hydroxyl groups is 5. The number of carbonyl (C=O) groups is 3. The summed E-state index contributed by atoms with van der Waals surface area (Å²) >= 11 is 1.25. The molecule has 2 radical (unpaired) electrons. The van der Waals surface area contributed by atoms with E-state index in [0.29, 0.717) is 4.88 Å². The molecule has 0 spiro atoms. The third-order valence-corrected chi connectivity index (χ3v) is 11.4. The van der Waals surface area contributed by atoms with Gasteiger partial charge in [0.1, 0.15) is 29.5 Å². The second-order valence-electron chi connectivity index (χ2n) is 12.9. The molecule has 2 heterocycles. The number of thiophene rings is 1.